The first-order chi connectivity index (χ1) is 28.8. The molecule has 0 aliphatic carbocycles. The molecule has 0 spiro atoms. The predicted octanol–water partition coefficient (Wildman–Crippen LogP) is 16.0. The molecule has 0 saturated carbocycles. The van der Waals surface area contributed by atoms with Crippen molar-refractivity contribution in [3.8, 4) is 0 Å². The fourth-order valence-corrected chi connectivity index (χ4v) is 7.50. The van der Waals surface area contributed by atoms with Crippen LogP contribution in [0.4, 0.5) is 0 Å². The van der Waals surface area contributed by atoms with Crippen molar-refractivity contribution in [2.24, 2.45) is 0 Å². The summed E-state index contributed by atoms with van der Waals surface area (Å²) in [5.74, 6) is -0.803. The molecule has 0 heterocycles. The highest BCUT2D eigenvalue weighted by Crippen LogP contribution is 2.42. The fourth-order valence-electron chi connectivity index (χ4n) is 7.04. The van der Waals surface area contributed by atoms with Crippen molar-refractivity contribution in [2.75, 3.05) is 20.3 Å². The van der Waals surface area contributed by atoms with E-state index in [-0.39, 0.29) is 19.0 Å². The highest BCUT2D eigenvalue weighted by atomic mass is 31.2. The van der Waals surface area contributed by atoms with Crippen molar-refractivity contribution < 1.29 is 37.6 Å². The van der Waals surface area contributed by atoms with Crippen LogP contribution in [0.5, 0.6) is 0 Å². The third-order valence-electron chi connectivity index (χ3n) is 10.9. The lowest BCUT2D eigenvalue weighted by atomic mass is 10.1. The Morgan fingerprint density at radius 2 is 0.814 bits per heavy atom. The third-order valence-corrected chi connectivity index (χ3v) is 11.8. The van der Waals surface area contributed by atoms with Gasteiger partial charge in [-0.05, 0) is 70.6 Å². The summed E-state index contributed by atoms with van der Waals surface area (Å²) in [5.41, 5.74) is 0. The molecule has 0 aromatic rings. The molecule has 1 N–H and O–H groups in total. The van der Waals surface area contributed by atoms with Crippen molar-refractivity contribution >= 4 is 19.8 Å². The molecule has 0 aromatic carbocycles. The van der Waals surface area contributed by atoms with Gasteiger partial charge in [0.25, 0.3) is 0 Å². The number of carbonyl (C=O) groups is 2. The van der Waals surface area contributed by atoms with Gasteiger partial charge in [0.15, 0.2) is 6.10 Å². The molecule has 0 bridgehead atoms. The van der Waals surface area contributed by atoms with Crippen LogP contribution in [0.2, 0.25) is 0 Å². The standard InChI is InChI=1S/C50H93O8P/c1-4-6-8-10-12-14-16-18-20-22-24-25-27-29-31-33-35-37-39-41-43-45-50(52)58-48(47-57-59(53,54)55-3)46-56-49(51)44-42-40-38-36-34-32-30-28-26-23-21-19-17-15-13-11-9-7-5-2/h16,18-19,21-22,24,48H,4-15,17,20,23,25-47H2,1-3H3,(H,53,54)/b18-16-,21-19-,24-22-. The van der Waals surface area contributed by atoms with Gasteiger partial charge >= 0.3 is 19.8 Å². The SMILES string of the molecule is CCCCCCC/C=C\C/C=C\CCCCCCCCCCCC(=O)OC(COC(=O)CCCCCCCCCCC/C=C\CCCCCCCC)COP(=O)(O)OC. The van der Waals surface area contributed by atoms with E-state index in [1.807, 2.05) is 0 Å². The van der Waals surface area contributed by atoms with Crippen molar-refractivity contribution in [1.82, 2.24) is 0 Å². The molecule has 346 valence electrons. The van der Waals surface area contributed by atoms with Crippen LogP contribution >= 0.6 is 7.82 Å². The molecule has 9 heteroatoms. The molecule has 0 amide bonds. The molecular weight excluding hydrogens is 760 g/mol. The number of ether oxygens (including phenoxy) is 2. The van der Waals surface area contributed by atoms with E-state index in [0.29, 0.717) is 12.8 Å². The van der Waals surface area contributed by atoms with Crippen molar-refractivity contribution in [3.05, 3.63) is 36.5 Å². The summed E-state index contributed by atoms with van der Waals surface area (Å²) in [7, 11) is -3.20. The second kappa shape index (κ2) is 45.8. The molecule has 0 aliphatic rings. The Morgan fingerprint density at radius 3 is 1.20 bits per heavy atom. The molecule has 0 fully saturated rings. The van der Waals surface area contributed by atoms with Crippen LogP contribution in [-0.2, 0) is 32.7 Å². The molecule has 2 unspecified atom stereocenters. The first kappa shape index (κ1) is 57.3. The van der Waals surface area contributed by atoms with Gasteiger partial charge in [-0.2, -0.15) is 0 Å². The summed E-state index contributed by atoms with van der Waals surface area (Å²) < 4.78 is 32.1. The van der Waals surface area contributed by atoms with E-state index < -0.39 is 26.5 Å². The Labute approximate surface area is 364 Å². The van der Waals surface area contributed by atoms with E-state index in [2.05, 4.69) is 54.8 Å². The van der Waals surface area contributed by atoms with Crippen LogP contribution in [0.15, 0.2) is 36.5 Å². The molecule has 0 rings (SSSR count). The molecule has 2 atom stereocenters. The minimum atomic E-state index is -4.27. The maximum Gasteiger partial charge on any atom is 0.472 e. The molecule has 0 radical (unpaired) electrons. The summed E-state index contributed by atoms with van der Waals surface area (Å²) in [4.78, 5) is 34.6. The first-order valence-electron chi connectivity index (χ1n) is 24.7. The Hall–Kier alpha value is -1.73. The average molecular weight is 853 g/mol. The minimum Gasteiger partial charge on any atom is -0.462 e. The van der Waals surface area contributed by atoms with Crippen LogP contribution in [0.3, 0.4) is 0 Å². The number of hydrogen-bond acceptors (Lipinski definition) is 7. The van der Waals surface area contributed by atoms with E-state index in [4.69, 9.17) is 14.0 Å². The van der Waals surface area contributed by atoms with Gasteiger partial charge in [-0.15, -0.1) is 0 Å². The number of hydrogen-bond donors (Lipinski definition) is 1. The van der Waals surface area contributed by atoms with Gasteiger partial charge < -0.3 is 14.4 Å². The van der Waals surface area contributed by atoms with Gasteiger partial charge in [0.2, 0.25) is 0 Å². The molecule has 0 aliphatic heterocycles. The first-order valence-corrected chi connectivity index (χ1v) is 26.2. The summed E-state index contributed by atoms with van der Waals surface area (Å²) in [5, 5.41) is 0. The van der Waals surface area contributed by atoms with Crippen LogP contribution in [0.1, 0.15) is 245 Å². The summed E-state index contributed by atoms with van der Waals surface area (Å²) in [6.45, 7) is 3.90. The molecular formula is C50H93O8P. The highest BCUT2D eigenvalue weighted by Gasteiger charge is 2.24. The van der Waals surface area contributed by atoms with Crippen LogP contribution < -0.4 is 0 Å². The van der Waals surface area contributed by atoms with E-state index in [0.717, 1.165) is 52.1 Å². The minimum absolute atomic E-state index is 0.226. The van der Waals surface area contributed by atoms with Crippen molar-refractivity contribution in [1.29, 1.82) is 0 Å². The zero-order chi connectivity index (χ0) is 43.2. The van der Waals surface area contributed by atoms with Gasteiger partial charge in [-0.1, -0.05) is 198 Å². The lowest BCUT2D eigenvalue weighted by Gasteiger charge is -2.19. The molecule has 0 aromatic heterocycles. The number of unbranched alkanes of at least 4 members (excludes halogenated alkanes) is 29. The predicted molar refractivity (Wildman–Crippen MR) is 249 cm³/mol. The Bertz CT molecular complexity index is 1060. The zero-order valence-corrected chi connectivity index (χ0v) is 39.6. The van der Waals surface area contributed by atoms with E-state index in [1.165, 1.54) is 167 Å². The van der Waals surface area contributed by atoms with E-state index in [9.17, 15) is 19.0 Å². The Morgan fingerprint density at radius 1 is 0.475 bits per heavy atom. The number of carbonyl (C=O) groups excluding carboxylic acids is 2. The number of phosphoric acid groups is 1. The second-order valence-corrected chi connectivity index (χ2v) is 18.2. The number of phosphoric ester groups is 1. The number of esters is 2. The van der Waals surface area contributed by atoms with E-state index >= 15 is 0 Å². The lowest BCUT2D eigenvalue weighted by molar-refractivity contribution is -0.161. The van der Waals surface area contributed by atoms with Crippen LogP contribution in [0.25, 0.3) is 0 Å². The summed E-state index contributed by atoms with van der Waals surface area (Å²) in [6.07, 6.45) is 54.8. The van der Waals surface area contributed by atoms with Crippen LogP contribution in [0, 0.1) is 0 Å². The van der Waals surface area contributed by atoms with E-state index in [1.54, 1.807) is 0 Å². The fraction of sp³-hybridized carbons (Fsp3) is 0.840. The number of rotatable bonds is 46. The number of allylic oxidation sites excluding steroid dienone is 6. The van der Waals surface area contributed by atoms with Crippen molar-refractivity contribution in [2.45, 2.75) is 251 Å². The smallest absolute Gasteiger partial charge is 0.462 e. The van der Waals surface area contributed by atoms with Gasteiger partial charge in [0.05, 0.1) is 6.61 Å². The van der Waals surface area contributed by atoms with Crippen molar-refractivity contribution in [3.63, 3.8) is 0 Å². The van der Waals surface area contributed by atoms with Gasteiger partial charge in [-0.25, -0.2) is 4.57 Å². The summed E-state index contributed by atoms with van der Waals surface area (Å²) in [6, 6.07) is 0. The third kappa shape index (κ3) is 45.6. The van der Waals surface area contributed by atoms with Gasteiger partial charge in [0, 0.05) is 20.0 Å². The lowest BCUT2D eigenvalue weighted by Crippen LogP contribution is -2.29. The second-order valence-electron chi connectivity index (χ2n) is 16.6. The van der Waals surface area contributed by atoms with Crippen LogP contribution in [-0.4, -0.2) is 43.3 Å². The maximum atomic E-state index is 12.6. The average Bonchev–Trinajstić information content (AvgIpc) is 3.23. The maximum absolute atomic E-state index is 12.6. The molecule has 0 saturated heterocycles. The normalized spacial score (nSPS) is 13.5. The topological polar surface area (TPSA) is 108 Å². The monoisotopic (exact) mass is 853 g/mol. The highest BCUT2D eigenvalue weighted by molar-refractivity contribution is 7.47. The van der Waals surface area contributed by atoms with Gasteiger partial charge in [0.1, 0.15) is 6.61 Å². The molecule has 8 nitrogen and oxygen atoms in total. The zero-order valence-electron chi connectivity index (χ0n) is 38.7. The summed E-state index contributed by atoms with van der Waals surface area (Å²) >= 11 is 0. The van der Waals surface area contributed by atoms with Gasteiger partial charge in [-0.3, -0.25) is 18.6 Å². The molecule has 59 heavy (non-hydrogen) atoms. The Balaban J connectivity index is 3.92. The largest absolute Gasteiger partial charge is 0.472 e. The Kier molecular flexibility index (Phi) is 44.4. The quantitative estimate of drug-likeness (QED) is 0.0279.